The van der Waals surface area contributed by atoms with E-state index < -0.39 is 0 Å². The molecule has 0 aliphatic rings. The number of hydrogen-bond acceptors (Lipinski definition) is 0. The molecule has 1 aromatic carbocycles. The maximum absolute atomic E-state index is 2.45. The number of halogens is 1. The smallest absolute Gasteiger partial charge is 0.198 e. The number of alkyl halides is 1. The zero-order valence-corrected chi connectivity index (χ0v) is 12.5. The van der Waals surface area contributed by atoms with Crippen LogP contribution in [0.25, 0.3) is 10.9 Å². The molecule has 1 heterocycles. The zero-order valence-electron chi connectivity index (χ0n) is 10.3. The molecule has 1 nitrogen and oxygen atoms in total. The molecule has 0 spiro atoms. The lowest BCUT2D eigenvalue weighted by atomic mass is 10.1. The Balaban J connectivity index is 2.20. The molecule has 0 bridgehead atoms. The molecule has 17 heavy (non-hydrogen) atoms. The molecule has 0 aliphatic heterocycles. The molecule has 0 saturated heterocycles. The van der Waals surface area contributed by atoms with Crippen molar-refractivity contribution in [3.05, 3.63) is 42.1 Å². The summed E-state index contributed by atoms with van der Waals surface area (Å²) >= 11 is 2.45. The Morgan fingerprint density at radius 3 is 2.71 bits per heavy atom. The molecule has 0 radical (unpaired) electrons. The first-order chi connectivity index (χ1) is 8.33. The first kappa shape index (κ1) is 12.8. The third-order valence-corrected chi connectivity index (χ3v) is 3.94. The average Bonchev–Trinajstić information content (AvgIpc) is 2.37. The SMILES string of the molecule is Cc1cc[n+](CCCCCI)c2ccccc12. The van der Waals surface area contributed by atoms with E-state index in [1.165, 1.54) is 40.2 Å². The summed E-state index contributed by atoms with van der Waals surface area (Å²) in [7, 11) is 0. The molecule has 0 fully saturated rings. The van der Waals surface area contributed by atoms with Crippen molar-refractivity contribution in [3.63, 3.8) is 0 Å². The normalized spacial score (nSPS) is 10.9. The molecule has 2 heteroatoms. The molecule has 0 saturated carbocycles. The van der Waals surface area contributed by atoms with Crippen LogP contribution < -0.4 is 4.57 Å². The standard InChI is InChI=1S/C15H19IN/c1-13-9-12-17(11-6-2-5-10-16)15-8-4-3-7-14(13)15/h3-4,7-9,12H,2,5-6,10-11H2,1H3/q+1. The molecule has 2 rings (SSSR count). The van der Waals surface area contributed by atoms with Gasteiger partial charge in [-0.2, -0.15) is 4.57 Å². The maximum atomic E-state index is 2.45. The summed E-state index contributed by atoms with van der Waals surface area (Å²) in [6.45, 7) is 3.32. The number of aromatic nitrogens is 1. The fraction of sp³-hybridized carbons (Fsp3) is 0.400. The van der Waals surface area contributed by atoms with E-state index in [2.05, 4.69) is 70.6 Å². The van der Waals surface area contributed by atoms with E-state index in [0.29, 0.717) is 0 Å². The van der Waals surface area contributed by atoms with E-state index in [9.17, 15) is 0 Å². The van der Waals surface area contributed by atoms with Gasteiger partial charge in [0.15, 0.2) is 6.20 Å². The lowest BCUT2D eigenvalue weighted by Crippen LogP contribution is -2.34. The van der Waals surface area contributed by atoms with E-state index >= 15 is 0 Å². The number of benzene rings is 1. The fourth-order valence-corrected chi connectivity index (χ4v) is 2.72. The van der Waals surface area contributed by atoms with Crippen LogP contribution in [0.4, 0.5) is 0 Å². The van der Waals surface area contributed by atoms with Gasteiger partial charge >= 0.3 is 0 Å². The molecule has 90 valence electrons. The van der Waals surface area contributed by atoms with Crippen LogP contribution in [0.15, 0.2) is 36.5 Å². The van der Waals surface area contributed by atoms with E-state index in [0.717, 1.165) is 6.54 Å². The highest BCUT2D eigenvalue weighted by atomic mass is 127. The summed E-state index contributed by atoms with van der Waals surface area (Å²) in [5, 5.41) is 1.38. The van der Waals surface area contributed by atoms with Gasteiger partial charge in [-0.1, -0.05) is 34.7 Å². The van der Waals surface area contributed by atoms with E-state index in [1.807, 2.05) is 0 Å². The van der Waals surface area contributed by atoms with E-state index in [1.54, 1.807) is 0 Å². The number of hydrogen-bond donors (Lipinski definition) is 0. The van der Waals surface area contributed by atoms with Gasteiger partial charge in [0.25, 0.3) is 0 Å². The van der Waals surface area contributed by atoms with E-state index in [-0.39, 0.29) is 0 Å². The van der Waals surface area contributed by atoms with Crippen molar-refractivity contribution >= 4 is 33.5 Å². The number of pyridine rings is 1. The summed E-state index contributed by atoms with van der Waals surface area (Å²) in [6.07, 6.45) is 6.17. The second-order valence-corrected chi connectivity index (χ2v) is 5.54. The number of nitrogens with zero attached hydrogens (tertiary/aromatic N) is 1. The number of unbranched alkanes of at least 4 members (excludes halogenated alkanes) is 2. The predicted molar refractivity (Wildman–Crippen MR) is 81.6 cm³/mol. The molecule has 0 unspecified atom stereocenters. The number of rotatable bonds is 5. The Kier molecular flexibility index (Phi) is 4.77. The summed E-state index contributed by atoms with van der Waals surface area (Å²) in [6, 6.07) is 10.9. The quantitative estimate of drug-likeness (QED) is 0.335. The highest BCUT2D eigenvalue weighted by Gasteiger charge is 2.09. The Hall–Kier alpha value is -0.640. The minimum atomic E-state index is 1.14. The summed E-state index contributed by atoms with van der Waals surface area (Å²) < 4.78 is 3.66. The maximum Gasteiger partial charge on any atom is 0.212 e. The average molecular weight is 340 g/mol. The second-order valence-electron chi connectivity index (χ2n) is 4.46. The van der Waals surface area contributed by atoms with Crippen molar-refractivity contribution in [3.8, 4) is 0 Å². The van der Waals surface area contributed by atoms with Gasteiger partial charge in [0.2, 0.25) is 5.52 Å². The number of aryl methyl sites for hydroxylation is 2. The minimum Gasteiger partial charge on any atom is -0.198 e. The zero-order chi connectivity index (χ0) is 12.1. The van der Waals surface area contributed by atoms with Gasteiger partial charge in [0.1, 0.15) is 6.54 Å². The van der Waals surface area contributed by atoms with Crippen LogP contribution >= 0.6 is 22.6 Å². The highest BCUT2D eigenvalue weighted by molar-refractivity contribution is 14.1. The van der Waals surface area contributed by atoms with Crippen LogP contribution in [0.2, 0.25) is 0 Å². The topological polar surface area (TPSA) is 3.88 Å². The summed E-state index contributed by atoms with van der Waals surface area (Å²) in [5.41, 5.74) is 2.73. The molecule has 0 N–H and O–H groups in total. The van der Waals surface area contributed by atoms with Crippen molar-refractivity contribution in [1.82, 2.24) is 0 Å². The lowest BCUT2D eigenvalue weighted by Gasteiger charge is -2.03. The van der Waals surface area contributed by atoms with E-state index in [4.69, 9.17) is 0 Å². The lowest BCUT2D eigenvalue weighted by molar-refractivity contribution is -0.671. The first-order valence-corrected chi connectivity index (χ1v) is 7.79. The molecular formula is C15H19IN+. The predicted octanol–water partition coefficient (Wildman–Crippen LogP) is 4.04. The van der Waals surface area contributed by atoms with Crippen LogP contribution in [-0.4, -0.2) is 4.43 Å². The van der Waals surface area contributed by atoms with Crippen molar-refractivity contribution in [2.24, 2.45) is 0 Å². The Bertz CT molecular complexity index is 493. The van der Waals surface area contributed by atoms with Crippen LogP contribution in [0, 0.1) is 6.92 Å². The Morgan fingerprint density at radius 1 is 1.06 bits per heavy atom. The molecule has 1 aromatic heterocycles. The van der Waals surface area contributed by atoms with Gasteiger partial charge in [-0.25, -0.2) is 0 Å². The molecule has 2 aromatic rings. The minimum absolute atomic E-state index is 1.14. The number of fused-ring (bicyclic) bond motifs is 1. The summed E-state index contributed by atoms with van der Waals surface area (Å²) in [4.78, 5) is 0. The van der Waals surface area contributed by atoms with Gasteiger partial charge in [-0.15, -0.1) is 0 Å². The third-order valence-electron chi connectivity index (χ3n) is 3.18. The Labute approximate surface area is 117 Å². The van der Waals surface area contributed by atoms with Gasteiger partial charge in [-0.05, 0) is 35.8 Å². The van der Waals surface area contributed by atoms with Crippen LogP contribution in [0.5, 0.6) is 0 Å². The van der Waals surface area contributed by atoms with Crippen molar-refractivity contribution in [1.29, 1.82) is 0 Å². The van der Waals surface area contributed by atoms with Gasteiger partial charge < -0.3 is 0 Å². The van der Waals surface area contributed by atoms with Crippen LogP contribution in [0.1, 0.15) is 24.8 Å². The first-order valence-electron chi connectivity index (χ1n) is 6.26. The second kappa shape index (κ2) is 6.34. The van der Waals surface area contributed by atoms with Crippen molar-refractivity contribution in [2.45, 2.75) is 32.7 Å². The molecule has 0 aliphatic carbocycles. The van der Waals surface area contributed by atoms with Gasteiger partial charge in [0, 0.05) is 23.9 Å². The molecular weight excluding hydrogens is 321 g/mol. The summed E-state index contributed by atoms with van der Waals surface area (Å²) in [5.74, 6) is 0. The fourth-order valence-electron chi connectivity index (χ4n) is 2.18. The van der Waals surface area contributed by atoms with Crippen LogP contribution in [-0.2, 0) is 6.54 Å². The van der Waals surface area contributed by atoms with Crippen molar-refractivity contribution < 1.29 is 4.57 Å². The molecule has 0 amide bonds. The largest absolute Gasteiger partial charge is 0.212 e. The van der Waals surface area contributed by atoms with Crippen LogP contribution in [0.3, 0.4) is 0 Å². The third kappa shape index (κ3) is 3.18. The Morgan fingerprint density at radius 2 is 1.88 bits per heavy atom. The monoisotopic (exact) mass is 340 g/mol. The molecule has 0 atom stereocenters. The van der Waals surface area contributed by atoms with Gasteiger partial charge in [0.05, 0.1) is 0 Å². The van der Waals surface area contributed by atoms with Gasteiger partial charge in [-0.3, -0.25) is 0 Å². The van der Waals surface area contributed by atoms with Crippen molar-refractivity contribution in [2.75, 3.05) is 4.43 Å². The highest BCUT2D eigenvalue weighted by Crippen LogP contribution is 2.14. The number of para-hydroxylation sites is 1.